The lowest BCUT2D eigenvalue weighted by atomic mass is 9.95. The number of para-hydroxylation sites is 2. The lowest BCUT2D eigenvalue weighted by Gasteiger charge is -2.34. The number of fused-ring (bicyclic) bond motifs is 2. The van der Waals surface area contributed by atoms with Gasteiger partial charge < -0.3 is 23.9 Å². The molecule has 4 aromatic rings. The SMILES string of the molecule is CC(NC(=O)OC(C)(C)C)C(=O)N1CCC(n2cc(C3=C(c4cccc5ccoc45)C(=O)NC3=O)c3ccccc32)CC1. The zero-order valence-electron chi connectivity index (χ0n) is 24.6. The molecule has 0 aliphatic carbocycles. The smallest absolute Gasteiger partial charge is 0.408 e. The summed E-state index contributed by atoms with van der Waals surface area (Å²) < 4.78 is 13.2. The third kappa shape index (κ3) is 5.29. The van der Waals surface area contributed by atoms with Gasteiger partial charge in [0.15, 0.2) is 0 Å². The van der Waals surface area contributed by atoms with Crippen molar-refractivity contribution in [1.29, 1.82) is 0 Å². The molecule has 2 aliphatic heterocycles. The number of hydrogen-bond donors (Lipinski definition) is 2. The first-order valence-electron chi connectivity index (χ1n) is 14.5. The Kier molecular flexibility index (Phi) is 7.07. The van der Waals surface area contributed by atoms with E-state index in [1.807, 2.05) is 48.7 Å². The maximum Gasteiger partial charge on any atom is 0.408 e. The summed E-state index contributed by atoms with van der Waals surface area (Å²) in [5.41, 5.74) is 2.69. The van der Waals surface area contributed by atoms with Crippen molar-refractivity contribution in [1.82, 2.24) is 20.1 Å². The first-order chi connectivity index (χ1) is 20.5. The van der Waals surface area contributed by atoms with Gasteiger partial charge in [-0.25, -0.2) is 4.79 Å². The molecule has 2 N–H and O–H groups in total. The van der Waals surface area contributed by atoms with Crippen molar-refractivity contribution < 1.29 is 28.3 Å². The second-order valence-corrected chi connectivity index (χ2v) is 12.1. The van der Waals surface area contributed by atoms with Gasteiger partial charge in [-0.2, -0.15) is 0 Å². The van der Waals surface area contributed by atoms with Gasteiger partial charge in [-0.1, -0.05) is 36.4 Å². The van der Waals surface area contributed by atoms with E-state index in [4.69, 9.17) is 9.15 Å². The van der Waals surface area contributed by atoms with Crippen molar-refractivity contribution >= 4 is 56.8 Å². The van der Waals surface area contributed by atoms with Crippen molar-refractivity contribution in [2.45, 2.75) is 58.2 Å². The quantitative estimate of drug-likeness (QED) is 0.318. The summed E-state index contributed by atoms with van der Waals surface area (Å²) >= 11 is 0. The monoisotopic (exact) mass is 582 g/mol. The van der Waals surface area contributed by atoms with Gasteiger partial charge in [-0.3, -0.25) is 19.7 Å². The van der Waals surface area contributed by atoms with E-state index in [1.165, 1.54) is 0 Å². The number of alkyl carbamates (subject to hydrolysis) is 1. The minimum Gasteiger partial charge on any atom is -0.464 e. The number of likely N-dealkylation sites (tertiary alicyclic amines) is 1. The molecule has 0 saturated carbocycles. The first kappa shape index (κ1) is 28.3. The van der Waals surface area contributed by atoms with Crippen molar-refractivity contribution in [3.63, 3.8) is 0 Å². The Morgan fingerprint density at radius 1 is 0.977 bits per heavy atom. The van der Waals surface area contributed by atoms with E-state index >= 15 is 0 Å². The predicted molar refractivity (Wildman–Crippen MR) is 162 cm³/mol. The number of rotatable bonds is 5. The Morgan fingerprint density at radius 2 is 1.67 bits per heavy atom. The van der Waals surface area contributed by atoms with Crippen LogP contribution in [0.4, 0.5) is 4.79 Å². The number of hydrogen-bond acceptors (Lipinski definition) is 6. The standard InChI is InChI=1S/C33H34N4O6/c1-19(34-32(41)43-33(2,3)4)31(40)36-15-12-21(13-16-36)37-18-24(22-9-5-6-11-25(22)37)27-26(29(38)35-30(27)39)23-10-7-8-20-14-17-42-28(20)23/h5-11,14,17-19,21H,12-13,15-16H2,1-4H3,(H,34,41)(H,35,38,39). The van der Waals surface area contributed by atoms with Crippen molar-refractivity contribution in [3.05, 3.63) is 72.1 Å². The maximum atomic E-state index is 13.3. The maximum absolute atomic E-state index is 13.3. The molecule has 0 bridgehead atoms. The molecule has 2 aromatic carbocycles. The molecule has 2 aromatic heterocycles. The van der Waals surface area contributed by atoms with E-state index < -0.39 is 29.6 Å². The van der Waals surface area contributed by atoms with E-state index in [0.717, 1.165) is 16.3 Å². The number of piperidine rings is 1. The molecule has 10 nitrogen and oxygen atoms in total. The number of aromatic nitrogens is 1. The van der Waals surface area contributed by atoms with E-state index in [9.17, 15) is 19.2 Å². The summed E-state index contributed by atoms with van der Waals surface area (Å²) in [6, 6.07) is 14.5. The summed E-state index contributed by atoms with van der Waals surface area (Å²) in [5, 5.41) is 6.83. The number of furan rings is 1. The molecule has 43 heavy (non-hydrogen) atoms. The van der Waals surface area contributed by atoms with Crippen LogP contribution in [0.15, 0.2) is 65.4 Å². The van der Waals surface area contributed by atoms with Gasteiger partial charge in [-0.05, 0) is 52.7 Å². The van der Waals surface area contributed by atoms with E-state index in [1.54, 1.807) is 44.9 Å². The lowest BCUT2D eigenvalue weighted by molar-refractivity contribution is -0.134. The third-order valence-corrected chi connectivity index (χ3v) is 7.96. The molecule has 6 rings (SSSR count). The zero-order valence-corrected chi connectivity index (χ0v) is 24.6. The molecule has 1 fully saturated rings. The fraction of sp³-hybridized carbons (Fsp3) is 0.333. The highest BCUT2D eigenvalue weighted by atomic mass is 16.6. The second kappa shape index (κ2) is 10.8. The molecular formula is C33H34N4O6. The second-order valence-electron chi connectivity index (χ2n) is 12.1. The molecule has 4 amide bonds. The van der Waals surface area contributed by atoms with Crippen LogP contribution in [0, 0.1) is 0 Å². The minimum absolute atomic E-state index is 0.0644. The number of nitrogens with one attached hydrogen (secondary N) is 2. The Hall–Kier alpha value is -4.86. The fourth-order valence-corrected chi connectivity index (χ4v) is 6.05. The summed E-state index contributed by atoms with van der Waals surface area (Å²) in [6.45, 7) is 8.00. The number of imide groups is 1. The number of nitrogens with zero attached hydrogens (tertiary/aromatic N) is 2. The first-order valence-corrected chi connectivity index (χ1v) is 14.5. The highest BCUT2D eigenvalue weighted by Crippen LogP contribution is 2.40. The minimum atomic E-state index is -0.715. The van der Waals surface area contributed by atoms with Gasteiger partial charge in [-0.15, -0.1) is 0 Å². The number of carbonyl (C=O) groups is 4. The number of carbonyl (C=O) groups excluding carboxylic acids is 4. The molecule has 1 atom stereocenters. The normalized spacial score (nSPS) is 17.1. The van der Waals surface area contributed by atoms with Crippen molar-refractivity contribution in [3.8, 4) is 0 Å². The third-order valence-electron chi connectivity index (χ3n) is 7.96. The summed E-state index contributed by atoms with van der Waals surface area (Å²) in [6.07, 6.45) is 4.27. The molecular weight excluding hydrogens is 548 g/mol. The Morgan fingerprint density at radius 3 is 2.40 bits per heavy atom. The Balaban J connectivity index is 1.28. The summed E-state index contributed by atoms with van der Waals surface area (Å²) in [5.74, 6) is -1.06. The highest BCUT2D eigenvalue weighted by Gasteiger charge is 2.36. The molecule has 1 saturated heterocycles. The van der Waals surface area contributed by atoms with Gasteiger partial charge >= 0.3 is 6.09 Å². The van der Waals surface area contributed by atoms with Crippen LogP contribution in [0.5, 0.6) is 0 Å². The lowest BCUT2D eigenvalue weighted by Crippen LogP contribution is -2.50. The summed E-state index contributed by atoms with van der Waals surface area (Å²) in [7, 11) is 0. The average molecular weight is 583 g/mol. The number of ether oxygens (including phenoxy) is 1. The van der Waals surface area contributed by atoms with Crippen LogP contribution in [0.3, 0.4) is 0 Å². The van der Waals surface area contributed by atoms with Crippen LogP contribution in [-0.2, 0) is 19.1 Å². The average Bonchev–Trinajstić information content (AvgIpc) is 3.66. The molecule has 0 spiro atoms. The van der Waals surface area contributed by atoms with Crippen LogP contribution < -0.4 is 10.6 Å². The molecule has 2 aliphatic rings. The number of amides is 4. The Labute approximate surface area is 248 Å². The van der Waals surface area contributed by atoms with E-state index in [2.05, 4.69) is 15.2 Å². The van der Waals surface area contributed by atoms with Gasteiger partial charge in [0.25, 0.3) is 11.8 Å². The van der Waals surface area contributed by atoms with Crippen LogP contribution in [-0.4, -0.2) is 58.0 Å². The zero-order chi connectivity index (χ0) is 30.5. The Bertz CT molecular complexity index is 1800. The summed E-state index contributed by atoms with van der Waals surface area (Å²) in [4.78, 5) is 53.5. The van der Waals surface area contributed by atoms with Gasteiger partial charge in [0.1, 0.15) is 17.2 Å². The number of benzene rings is 2. The fourth-order valence-electron chi connectivity index (χ4n) is 6.05. The van der Waals surface area contributed by atoms with Crippen LogP contribution in [0.2, 0.25) is 0 Å². The van der Waals surface area contributed by atoms with Gasteiger partial charge in [0.2, 0.25) is 5.91 Å². The molecule has 1 unspecified atom stereocenters. The molecule has 222 valence electrons. The van der Waals surface area contributed by atoms with Crippen LogP contribution in [0.1, 0.15) is 57.7 Å². The van der Waals surface area contributed by atoms with E-state index in [-0.39, 0.29) is 11.9 Å². The van der Waals surface area contributed by atoms with Crippen LogP contribution in [0.25, 0.3) is 33.0 Å². The molecule has 4 heterocycles. The predicted octanol–water partition coefficient (Wildman–Crippen LogP) is 5.03. The van der Waals surface area contributed by atoms with Crippen molar-refractivity contribution in [2.24, 2.45) is 0 Å². The largest absolute Gasteiger partial charge is 0.464 e. The van der Waals surface area contributed by atoms with Gasteiger partial charge in [0, 0.05) is 52.7 Å². The van der Waals surface area contributed by atoms with Gasteiger partial charge in [0.05, 0.1) is 17.4 Å². The van der Waals surface area contributed by atoms with E-state index in [0.29, 0.717) is 53.8 Å². The molecule has 10 heteroatoms. The highest BCUT2D eigenvalue weighted by molar-refractivity contribution is 6.50. The van der Waals surface area contributed by atoms with Crippen molar-refractivity contribution in [2.75, 3.05) is 13.1 Å². The van der Waals surface area contributed by atoms with Crippen LogP contribution >= 0.6 is 0 Å². The molecule has 0 radical (unpaired) electrons. The topological polar surface area (TPSA) is 123 Å².